The van der Waals surface area contributed by atoms with Crippen LogP contribution in [0.25, 0.3) is 10.9 Å². The number of hydrogen-bond donors (Lipinski definition) is 1. The maximum Gasteiger partial charge on any atom is 0.286 e. The minimum atomic E-state index is -4.09. The Morgan fingerprint density at radius 3 is 2.42 bits per heavy atom. The van der Waals surface area contributed by atoms with Gasteiger partial charge in [-0.3, -0.25) is 9.52 Å². The number of nitrogens with zero attached hydrogens (tertiary/aromatic N) is 1. The van der Waals surface area contributed by atoms with Crippen LogP contribution in [0, 0.1) is 0 Å². The lowest BCUT2D eigenvalue weighted by Crippen LogP contribution is -2.25. The molecule has 124 valence electrons. The fraction of sp³-hybridized carbons (Fsp3) is 0.0625. The van der Waals surface area contributed by atoms with E-state index in [1.165, 1.54) is 25.3 Å². The molecule has 0 saturated heterocycles. The number of benzene rings is 2. The molecule has 0 aliphatic heterocycles. The van der Waals surface area contributed by atoms with Crippen molar-refractivity contribution in [2.45, 2.75) is 4.90 Å². The number of halogens is 1. The molecule has 2 aromatic carbocycles. The Hall–Kier alpha value is -2.51. The predicted octanol–water partition coefficient (Wildman–Crippen LogP) is 2.81. The van der Waals surface area contributed by atoms with Crippen molar-refractivity contribution >= 4 is 38.4 Å². The molecule has 1 heterocycles. The first-order valence-corrected chi connectivity index (χ1v) is 8.72. The fourth-order valence-corrected chi connectivity index (χ4v) is 3.71. The molecule has 3 rings (SSSR count). The molecule has 0 radical (unpaired) electrons. The topological polar surface area (TPSA) is 77.4 Å². The Morgan fingerprint density at radius 2 is 1.75 bits per heavy atom. The Morgan fingerprint density at radius 1 is 1.08 bits per heavy atom. The normalized spacial score (nSPS) is 11.4. The summed E-state index contributed by atoms with van der Waals surface area (Å²) in [7, 11) is -2.58. The van der Waals surface area contributed by atoms with Crippen LogP contribution in [0.3, 0.4) is 0 Å². The first-order chi connectivity index (χ1) is 11.4. The number of nitrogens with one attached hydrogen (secondary N) is 1. The highest BCUT2D eigenvalue weighted by Crippen LogP contribution is 2.21. The highest BCUT2D eigenvalue weighted by Gasteiger charge is 2.21. The zero-order chi connectivity index (χ0) is 17.3. The van der Waals surface area contributed by atoms with Gasteiger partial charge in [0, 0.05) is 22.9 Å². The zero-order valence-electron chi connectivity index (χ0n) is 12.6. The first kappa shape index (κ1) is 16.4. The molecule has 0 fully saturated rings. The molecule has 0 aliphatic rings. The molecule has 3 aromatic rings. The summed E-state index contributed by atoms with van der Waals surface area (Å²) < 4.78 is 33.3. The van der Waals surface area contributed by atoms with Crippen molar-refractivity contribution < 1.29 is 13.2 Å². The zero-order valence-corrected chi connectivity index (χ0v) is 14.1. The lowest BCUT2D eigenvalue weighted by Gasteiger charge is -2.10. The molecular formula is C16H13ClN2O4S. The molecular weight excluding hydrogens is 352 g/mol. The van der Waals surface area contributed by atoms with Crippen molar-refractivity contribution in [1.29, 1.82) is 0 Å². The van der Waals surface area contributed by atoms with E-state index in [9.17, 15) is 13.2 Å². The van der Waals surface area contributed by atoms with E-state index in [2.05, 4.69) is 4.72 Å². The minimum absolute atomic E-state index is 0.310. The van der Waals surface area contributed by atoms with Gasteiger partial charge in [0.05, 0.1) is 12.6 Å². The summed E-state index contributed by atoms with van der Waals surface area (Å²) in [5.41, 5.74) is -0.0616. The number of sulfonamides is 1. The summed E-state index contributed by atoms with van der Waals surface area (Å²) in [5, 5.41) is 0.544. The van der Waals surface area contributed by atoms with Crippen molar-refractivity contribution in [2.24, 2.45) is 0 Å². The highest BCUT2D eigenvalue weighted by atomic mass is 35.5. The number of fused-ring (bicyclic) bond motifs is 1. The van der Waals surface area contributed by atoms with E-state index in [0.717, 1.165) is 4.09 Å². The van der Waals surface area contributed by atoms with Gasteiger partial charge in [0.25, 0.3) is 15.6 Å². The first-order valence-electron chi connectivity index (χ1n) is 6.90. The Labute approximate surface area is 143 Å². The van der Waals surface area contributed by atoms with Gasteiger partial charge in [-0.25, -0.2) is 12.5 Å². The molecule has 0 unspecified atom stereocenters. The van der Waals surface area contributed by atoms with Crippen molar-refractivity contribution in [3.05, 3.63) is 65.0 Å². The summed E-state index contributed by atoms with van der Waals surface area (Å²) in [6.07, 6.45) is 0. The SMILES string of the molecule is COc1ccc(NS(=O)(=O)c2cc3ccccc3n(Cl)c2=O)cc1. The third kappa shape index (κ3) is 2.95. The Kier molecular flexibility index (Phi) is 4.21. The van der Waals surface area contributed by atoms with Crippen LogP contribution in [0.4, 0.5) is 5.69 Å². The quantitative estimate of drug-likeness (QED) is 0.772. The molecule has 1 aromatic heterocycles. The van der Waals surface area contributed by atoms with Gasteiger partial charge in [0.2, 0.25) is 0 Å². The number of para-hydroxylation sites is 1. The molecule has 8 heteroatoms. The molecule has 1 N–H and O–H groups in total. The molecule has 0 atom stereocenters. The fourth-order valence-electron chi connectivity index (χ4n) is 2.26. The lowest BCUT2D eigenvalue weighted by atomic mass is 10.2. The molecule has 24 heavy (non-hydrogen) atoms. The van der Waals surface area contributed by atoms with Crippen molar-refractivity contribution in [1.82, 2.24) is 4.09 Å². The number of ether oxygens (including phenoxy) is 1. The van der Waals surface area contributed by atoms with Gasteiger partial charge in [-0.15, -0.1) is 0 Å². The van der Waals surface area contributed by atoms with Gasteiger partial charge in [0.1, 0.15) is 5.75 Å². The third-order valence-electron chi connectivity index (χ3n) is 3.46. The lowest BCUT2D eigenvalue weighted by molar-refractivity contribution is 0.415. The third-order valence-corrected chi connectivity index (χ3v) is 5.17. The second kappa shape index (κ2) is 6.18. The van der Waals surface area contributed by atoms with E-state index in [1.807, 2.05) is 0 Å². The van der Waals surface area contributed by atoms with Gasteiger partial charge in [-0.05, 0) is 36.4 Å². The molecule has 0 saturated carbocycles. The average molecular weight is 365 g/mol. The van der Waals surface area contributed by atoms with Gasteiger partial charge in [-0.2, -0.15) is 0 Å². The Balaban J connectivity index is 2.07. The van der Waals surface area contributed by atoms with Crippen LogP contribution in [-0.4, -0.2) is 19.6 Å². The van der Waals surface area contributed by atoms with Gasteiger partial charge < -0.3 is 4.74 Å². The van der Waals surface area contributed by atoms with Crippen LogP contribution in [0.2, 0.25) is 0 Å². The van der Waals surface area contributed by atoms with Gasteiger partial charge in [-0.1, -0.05) is 18.2 Å². The summed E-state index contributed by atoms with van der Waals surface area (Å²) in [6.45, 7) is 0. The number of pyridine rings is 1. The van der Waals surface area contributed by atoms with Crippen LogP contribution in [0.1, 0.15) is 0 Å². The molecule has 6 nitrogen and oxygen atoms in total. The number of methoxy groups -OCH3 is 1. The van der Waals surface area contributed by atoms with E-state index >= 15 is 0 Å². The van der Waals surface area contributed by atoms with E-state index in [0.29, 0.717) is 22.3 Å². The highest BCUT2D eigenvalue weighted by molar-refractivity contribution is 7.92. The number of hydrogen-bond acceptors (Lipinski definition) is 4. The summed E-state index contributed by atoms with van der Waals surface area (Å²) >= 11 is 5.98. The van der Waals surface area contributed by atoms with E-state index in [4.69, 9.17) is 16.5 Å². The van der Waals surface area contributed by atoms with Crippen LogP contribution in [0.5, 0.6) is 5.75 Å². The maximum atomic E-state index is 12.6. The summed E-state index contributed by atoms with van der Waals surface area (Å²) in [4.78, 5) is 11.9. The number of rotatable bonds is 4. The van der Waals surface area contributed by atoms with E-state index < -0.39 is 20.5 Å². The van der Waals surface area contributed by atoms with Crippen LogP contribution >= 0.6 is 11.8 Å². The smallest absolute Gasteiger partial charge is 0.286 e. The standard InChI is InChI=1S/C16H13ClN2O4S/c1-23-13-8-6-12(7-9-13)18-24(21,22)15-10-11-4-2-3-5-14(11)19(17)16(15)20/h2-10,18H,1H3. The summed E-state index contributed by atoms with van der Waals surface area (Å²) in [6, 6.07) is 14.4. The molecule has 0 amide bonds. The van der Waals surface area contributed by atoms with Crippen LogP contribution in [-0.2, 0) is 10.0 Å². The second-order valence-corrected chi connectivity index (χ2v) is 6.98. The van der Waals surface area contributed by atoms with Crippen molar-refractivity contribution in [2.75, 3.05) is 11.8 Å². The van der Waals surface area contributed by atoms with Crippen molar-refractivity contribution in [3.8, 4) is 5.75 Å². The van der Waals surface area contributed by atoms with Crippen molar-refractivity contribution in [3.63, 3.8) is 0 Å². The molecule has 0 spiro atoms. The monoisotopic (exact) mass is 364 g/mol. The molecule has 0 bridgehead atoms. The van der Waals surface area contributed by atoms with Crippen LogP contribution < -0.4 is 15.0 Å². The average Bonchev–Trinajstić information content (AvgIpc) is 2.58. The van der Waals surface area contributed by atoms with Gasteiger partial charge >= 0.3 is 0 Å². The second-order valence-electron chi connectivity index (χ2n) is 4.99. The van der Waals surface area contributed by atoms with E-state index in [1.54, 1.807) is 36.4 Å². The van der Waals surface area contributed by atoms with Gasteiger partial charge in [0.15, 0.2) is 4.90 Å². The largest absolute Gasteiger partial charge is 0.497 e. The minimum Gasteiger partial charge on any atom is -0.497 e. The number of aromatic nitrogens is 1. The Bertz CT molecular complexity index is 1060. The molecule has 0 aliphatic carbocycles. The van der Waals surface area contributed by atoms with Crippen LogP contribution in [0.15, 0.2) is 64.3 Å². The maximum absolute atomic E-state index is 12.6. The number of anilines is 1. The van der Waals surface area contributed by atoms with E-state index in [-0.39, 0.29) is 0 Å². The predicted molar refractivity (Wildman–Crippen MR) is 93.3 cm³/mol. The summed E-state index contributed by atoms with van der Waals surface area (Å²) in [5.74, 6) is 0.590.